The summed E-state index contributed by atoms with van der Waals surface area (Å²) in [5, 5.41) is 3.49. The molecule has 0 saturated carbocycles. The van der Waals surface area contributed by atoms with Crippen LogP contribution in [-0.4, -0.2) is 46.8 Å². The number of carbonyl (C=O) groups is 2. The second-order valence-corrected chi connectivity index (χ2v) is 6.58. The monoisotopic (exact) mass is 378 g/mol. The van der Waals surface area contributed by atoms with Crippen LogP contribution in [0.25, 0.3) is 11.3 Å². The molecule has 0 aliphatic carbocycles. The van der Waals surface area contributed by atoms with Gasteiger partial charge in [-0.3, -0.25) is 9.59 Å². The lowest BCUT2D eigenvalue weighted by molar-refractivity contribution is -0.124. The molecule has 1 fully saturated rings. The molecule has 1 aliphatic heterocycles. The van der Waals surface area contributed by atoms with E-state index < -0.39 is 0 Å². The number of benzene rings is 1. The number of halogens is 2. The Hall–Kier alpha value is -2.18. The van der Waals surface area contributed by atoms with E-state index in [1.165, 1.54) is 6.33 Å². The van der Waals surface area contributed by atoms with E-state index in [0.717, 1.165) is 5.56 Å². The minimum absolute atomic E-state index is 0.0468. The third-order valence-electron chi connectivity index (χ3n) is 4.19. The van der Waals surface area contributed by atoms with Gasteiger partial charge in [0.25, 0.3) is 5.91 Å². The summed E-state index contributed by atoms with van der Waals surface area (Å²) in [6.45, 7) is 0.924. The molecule has 0 radical (unpaired) electrons. The molecule has 25 heavy (non-hydrogen) atoms. The van der Waals surface area contributed by atoms with Gasteiger partial charge >= 0.3 is 0 Å². The highest BCUT2D eigenvalue weighted by atomic mass is 35.5. The molecule has 130 valence electrons. The third kappa shape index (κ3) is 3.75. The average molecular weight is 379 g/mol. The van der Waals surface area contributed by atoms with Crippen molar-refractivity contribution in [3.8, 4) is 11.3 Å². The highest BCUT2D eigenvalue weighted by Crippen LogP contribution is 2.28. The first kappa shape index (κ1) is 17.6. The molecular weight excluding hydrogens is 363 g/mol. The number of hydrogen-bond donors (Lipinski definition) is 1. The third-order valence-corrected chi connectivity index (χ3v) is 4.93. The van der Waals surface area contributed by atoms with E-state index in [2.05, 4.69) is 15.3 Å². The molecule has 2 heterocycles. The summed E-state index contributed by atoms with van der Waals surface area (Å²) in [5.41, 5.74) is 1.61. The Morgan fingerprint density at radius 3 is 2.72 bits per heavy atom. The zero-order valence-corrected chi connectivity index (χ0v) is 15.0. The number of likely N-dealkylation sites (tertiary alicyclic amines) is 1. The van der Waals surface area contributed by atoms with E-state index in [9.17, 15) is 9.59 Å². The van der Waals surface area contributed by atoms with Crippen molar-refractivity contribution in [3.63, 3.8) is 0 Å². The second kappa shape index (κ2) is 7.37. The first-order chi connectivity index (χ1) is 12.0. The van der Waals surface area contributed by atoms with Crippen LogP contribution in [0.2, 0.25) is 10.0 Å². The summed E-state index contributed by atoms with van der Waals surface area (Å²) in [6, 6.07) is 6.77. The molecule has 6 nitrogen and oxygen atoms in total. The van der Waals surface area contributed by atoms with Gasteiger partial charge in [0.2, 0.25) is 5.91 Å². The fourth-order valence-corrected chi connectivity index (χ4v) is 3.11. The molecule has 1 aliphatic rings. The van der Waals surface area contributed by atoms with Gasteiger partial charge < -0.3 is 10.2 Å². The van der Waals surface area contributed by atoms with Crippen LogP contribution in [0.15, 0.2) is 30.6 Å². The van der Waals surface area contributed by atoms with E-state index in [0.29, 0.717) is 35.2 Å². The molecule has 1 saturated heterocycles. The molecular formula is C17H16Cl2N4O2. The summed E-state index contributed by atoms with van der Waals surface area (Å²) < 4.78 is 0. The highest BCUT2D eigenvalue weighted by molar-refractivity contribution is 6.42. The maximum atomic E-state index is 12.7. The van der Waals surface area contributed by atoms with Gasteiger partial charge in [-0.2, -0.15) is 0 Å². The molecule has 8 heteroatoms. The van der Waals surface area contributed by atoms with Gasteiger partial charge in [-0.05, 0) is 24.6 Å². The number of hydrogen-bond acceptors (Lipinski definition) is 4. The highest BCUT2D eigenvalue weighted by Gasteiger charge is 2.31. The lowest BCUT2D eigenvalue weighted by Gasteiger charge is -2.16. The summed E-state index contributed by atoms with van der Waals surface area (Å²) >= 11 is 12.0. The largest absolute Gasteiger partial charge is 0.359 e. The molecule has 2 amide bonds. The topological polar surface area (TPSA) is 75.2 Å². The van der Waals surface area contributed by atoms with Crippen LogP contribution in [0, 0.1) is 5.92 Å². The van der Waals surface area contributed by atoms with Gasteiger partial charge in [0.15, 0.2) is 0 Å². The Labute approximate surface area is 155 Å². The number of nitrogens with one attached hydrogen (secondary N) is 1. The Morgan fingerprint density at radius 1 is 1.20 bits per heavy atom. The minimum Gasteiger partial charge on any atom is -0.359 e. The molecule has 1 aromatic heterocycles. The van der Waals surface area contributed by atoms with Crippen LogP contribution in [-0.2, 0) is 4.79 Å². The summed E-state index contributed by atoms with van der Waals surface area (Å²) in [7, 11) is 1.60. The first-order valence-electron chi connectivity index (χ1n) is 7.78. The van der Waals surface area contributed by atoms with E-state index in [1.54, 1.807) is 36.2 Å². The van der Waals surface area contributed by atoms with Crippen LogP contribution in [0.4, 0.5) is 0 Å². The molecule has 0 spiro atoms. The van der Waals surface area contributed by atoms with E-state index >= 15 is 0 Å². The van der Waals surface area contributed by atoms with Crippen LogP contribution in [0.5, 0.6) is 0 Å². The fraction of sp³-hybridized carbons (Fsp3) is 0.294. The number of rotatable bonds is 3. The quantitative estimate of drug-likeness (QED) is 0.890. The molecule has 3 rings (SSSR count). The maximum Gasteiger partial charge on any atom is 0.272 e. The number of carbonyl (C=O) groups excluding carboxylic acids is 2. The van der Waals surface area contributed by atoms with Crippen LogP contribution in [0.1, 0.15) is 16.9 Å². The Bertz CT molecular complexity index is 828. The van der Waals surface area contributed by atoms with Crippen LogP contribution >= 0.6 is 23.2 Å². The van der Waals surface area contributed by atoms with Crippen molar-refractivity contribution in [1.82, 2.24) is 20.2 Å². The molecule has 1 atom stereocenters. The standard InChI is InChI=1S/C17H16Cl2N4O2/c1-20-16(24)11-4-5-23(8-11)17(25)15-7-14(21-9-22-15)10-2-3-12(18)13(19)6-10/h2-3,6-7,9,11H,4-5,8H2,1H3,(H,20,24). The van der Waals surface area contributed by atoms with Crippen molar-refractivity contribution in [1.29, 1.82) is 0 Å². The zero-order chi connectivity index (χ0) is 18.0. The van der Waals surface area contributed by atoms with Crippen molar-refractivity contribution in [3.05, 3.63) is 46.3 Å². The van der Waals surface area contributed by atoms with Gasteiger partial charge in [-0.25, -0.2) is 9.97 Å². The Balaban J connectivity index is 1.80. The van der Waals surface area contributed by atoms with Crippen molar-refractivity contribution < 1.29 is 9.59 Å². The van der Waals surface area contributed by atoms with Gasteiger partial charge in [0, 0.05) is 25.7 Å². The lowest BCUT2D eigenvalue weighted by Crippen LogP contribution is -2.33. The van der Waals surface area contributed by atoms with Gasteiger partial charge in [-0.1, -0.05) is 29.3 Å². The summed E-state index contributed by atoms with van der Waals surface area (Å²) in [5.74, 6) is -0.435. The molecule has 2 aromatic rings. The van der Waals surface area contributed by atoms with Gasteiger partial charge in [0.1, 0.15) is 12.0 Å². The summed E-state index contributed by atoms with van der Waals surface area (Å²) in [6.07, 6.45) is 1.99. The molecule has 1 unspecified atom stereocenters. The predicted octanol–water partition coefficient (Wildman–Crippen LogP) is 2.66. The SMILES string of the molecule is CNC(=O)C1CCN(C(=O)c2cc(-c3ccc(Cl)c(Cl)c3)ncn2)C1. The normalized spacial score (nSPS) is 16.8. The van der Waals surface area contributed by atoms with Crippen LogP contribution < -0.4 is 5.32 Å². The summed E-state index contributed by atoms with van der Waals surface area (Å²) in [4.78, 5) is 34.3. The molecule has 1 aromatic carbocycles. The maximum absolute atomic E-state index is 12.7. The van der Waals surface area contributed by atoms with E-state index in [4.69, 9.17) is 23.2 Å². The van der Waals surface area contributed by atoms with Crippen molar-refractivity contribution in [2.24, 2.45) is 5.92 Å². The number of amides is 2. The fourth-order valence-electron chi connectivity index (χ4n) is 2.81. The molecule has 0 bridgehead atoms. The molecule has 1 N–H and O–H groups in total. The lowest BCUT2D eigenvalue weighted by atomic mass is 10.1. The smallest absolute Gasteiger partial charge is 0.272 e. The van der Waals surface area contributed by atoms with Crippen molar-refractivity contribution >= 4 is 35.0 Å². The van der Waals surface area contributed by atoms with Crippen molar-refractivity contribution in [2.75, 3.05) is 20.1 Å². The number of aromatic nitrogens is 2. The Kier molecular flexibility index (Phi) is 5.20. The first-order valence-corrected chi connectivity index (χ1v) is 8.53. The zero-order valence-electron chi connectivity index (χ0n) is 13.5. The van der Waals surface area contributed by atoms with E-state index in [-0.39, 0.29) is 23.4 Å². The average Bonchev–Trinajstić information content (AvgIpc) is 3.13. The number of nitrogens with zero attached hydrogens (tertiary/aromatic N) is 3. The second-order valence-electron chi connectivity index (χ2n) is 5.77. The van der Waals surface area contributed by atoms with Gasteiger partial charge in [0.05, 0.1) is 21.7 Å². The predicted molar refractivity (Wildman–Crippen MR) is 95.6 cm³/mol. The van der Waals surface area contributed by atoms with Crippen LogP contribution in [0.3, 0.4) is 0 Å². The minimum atomic E-state index is -0.213. The Morgan fingerprint density at radius 2 is 2.00 bits per heavy atom. The van der Waals surface area contributed by atoms with Gasteiger partial charge in [-0.15, -0.1) is 0 Å². The van der Waals surface area contributed by atoms with E-state index in [1.807, 2.05) is 0 Å². The van der Waals surface area contributed by atoms with Crippen molar-refractivity contribution in [2.45, 2.75) is 6.42 Å².